The number of hydrogen-bond acceptors (Lipinski definition) is 3. The smallest absolute Gasteiger partial charge is 0.251 e. The first kappa shape index (κ1) is 21.3. The summed E-state index contributed by atoms with van der Waals surface area (Å²) >= 11 is 5.93. The second kappa shape index (κ2) is 11.0. The van der Waals surface area contributed by atoms with Crippen LogP contribution in [0.3, 0.4) is 0 Å². The van der Waals surface area contributed by atoms with Crippen molar-refractivity contribution in [1.29, 1.82) is 0 Å². The summed E-state index contributed by atoms with van der Waals surface area (Å²) in [5.74, 6) is 0.631. The molecule has 0 saturated carbocycles. The Hall–Kier alpha value is -2.04. The summed E-state index contributed by atoms with van der Waals surface area (Å²) in [7, 11) is 0. The van der Waals surface area contributed by atoms with E-state index in [0.29, 0.717) is 30.4 Å². The molecule has 1 atom stereocenters. The minimum absolute atomic E-state index is 0.120. The molecular weight excluding hydrogens is 362 g/mol. The molecule has 2 aromatic rings. The molecule has 1 N–H and O–H groups in total. The second-order valence-corrected chi connectivity index (χ2v) is 6.84. The molecule has 0 aromatic heterocycles. The largest absolute Gasteiger partial charge is 0.494 e. The van der Waals surface area contributed by atoms with Gasteiger partial charge < -0.3 is 14.8 Å². The van der Waals surface area contributed by atoms with E-state index in [2.05, 4.69) is 12.2 Å². The SMILES string of the molecule is CCCCOCc1cc(C(=O)N[C@@H](C)c2ccc(Cl)cc2)ccc1OCC. The van der Waals surface area contributed by atoms with Crippen LogP contribution in [0.15, 0.2) is 42.5 Å². The third kappa shape index (κ3) is 6.56. The van der Waals surface area contributed by atoms with Crippen molar-refractivity contribution in [2.24, 2.45) is 0 Å². The van der Waals surface area contributed by atoms with Gasteiger partial charge in [0.2, 0.25) is 0 Å². The minimum atomic E-state index is -0.129. The lowest BCUT2D eigenvalue weighted by Gasteiger charge is -2.16. The average molecular weight is 390 g/mol. The van der Waals surface area contributed by atoms with Gasteiger partial charge in [-0.25, -0.2) is 0 Å². The number of carbonyl (C=O) groups excluding carboxylic acids is 1. The fourth-order valence-corrected chi connectivity index (χ4v) is 2.80. The Balaban J connectivity index is 2.08. The Labute approximate surface area is 166 Å². The van der Waals surface area contributed by atoms with Crippen molar-refractivity contribution in [1.82, 2.24) is 5.32 Å². The van der Waals surface area contributed by atoms with E-state index in [4.69, 9.17) is 21.1 Å². The Morgan fingerprint density at radius 2 is 1.89 bits per heavy atom. The maximum Gasteiger partial charge on any atom is 0.251 e. The first-order chi connectivity index (χ1) is 13.0. The van der Waals surface area contributed by atoms with Crippen molar-refractivity contribution in [2.45, 2.75) is 46.3 Å². The van der Waals surface area contributed by atoms with E-state index in [-0.39, 0.29) is 11.9 Å². The molecule has 1 amide bonds. The van der Waals surface area contributed by atoms with E-state index < -0.39 is 0 Å². The number of rotatable bonds is 10. The molecule has 0 aliphatic heterocycles. The second-order valence-electron chi connectivity index (χ2n) is 6.41. The zero-order valence-corrected chi connectivity index (χ0v) is 17.0. The third-order valence-electron chi connectivity index (χ3n) is 4.24. The number of carbonyl (C=O) groups is 1. The van der Waals surface area contributed by atoms with Crippen molar-refractivity contribution in [3.8, 4) is 5.75 Å². The van der Waals surface area contributed by atoms with E-state index >= 15 is 0 Å². The van der Waals surface area contributed by atoms with Gasteiger partial charge in [-0.05, 0) is 56.2 Å². The number of amides is 1. The predicted molar refractivity (Wildman–Crippen MR) is 110 cm³/mol. The van der Waals surface area contributed by atoms with E-state index in [0.717, 1.165) is 29.7 Å². The third-order valence-corrected chi connectivity index (χ3v) is 4.49. The first-order valence-corrected chi connectivity index (χ1v) is 9.82. The lowest BCUT2D eigenvalue weighted by Crippen LogP contribution is -2.26. The van der Waals surface area contributed by atoms with Crippen LogP contribution in [-0.4, -0.2) is 19.1 Å². The van der Waals surface area contributed by atoms with Crippen LogP contribution >= 0.6 is 11.6 Å². The zero-order valence-electron chi connectivity index (χ0n) is 16.3. The Bertz CT molecular complexity index is 731. The number of halogens is 1. The summed E-state index contributed by atoms with van der Waals surface area (Å²) in [4.78, 5) is 12.7. The number of unbranched alkanes of at least 4 members (excludes halogenated alkanes) is 1. The number of benzene rings is 2. The molecule has 0 fully saturated rings. The summed E-state index contributed by atoms with van der Waals surface area (Å²) in [6.45, 7) is 7.72. The molecule has 5 heteroatoms. The van der Waals surface area contributed by atoms with Gasteiger partial charge in [-0.1, -0.05) is 37.1 Å². The van der Waals surface area contributed by atoms with Gasteiger partial charge >= 0.3 is 0 Å². The van der Waals surface area contributed by atoms with E-state index in [1.54, 1.807) is 6.07 Å². The van der Waals surface area contributed by atoms with Crippen LogP contribution in [0.25, 0.3) is 0 Å². The minimum Gasteiger partial charge on any atom is -0.494 e. The molecule has 0 unspecified atom stereocenters. The van der Waals surface area contributed by atoms with Gasteiger partial charge in [-0.3, -0.25) is 4.79 Å². The van der Waals surface area contributed by atoms with Crippen LogP contribution in [0, 0.1) is 0 Å². The summed E-state index contributed by atoms with van der Waals surface area (Å²) in [5.41, 5.74) is 2.48. The van der Waals surface area contributed by atoms with Crippen LogP contribution in [0.4, 0.5) is 0 Å². The molecule has 0 aliphatic rings. The van der Waals surface area contributed by atoms with Gasteiger partial charge in [0.25, 0.3) is 5.91 Å². The molecule has 27 heavy (non-hydrogen) atoms. The maximum atomic E-state index is 12.7. The number of ether oxygens (including phenoxy) is 2. The summed E-state index contributed by atoms with van der Waals surface area (Å²) in [5, 5.41) is 3.70. The molecule has 0 aliphatic carbocycles. The summed E-state index contributed by atoms with van der Waals surface area (Å²) in [6, 6.07) is 12.8. The van der Waals surface area contributed by atoms with Crippen LogP contribution in [0.5, 0.6) is 5.75 Å². The normalized spacial score (nSPS) is 11.9. The molecular formula is C22H28ClNO3. The zero-order chi connectivity index (χ0) is 19.6. The average Bonchev–Trinajstić information content (AvgIpc) is 2.67. The predicted octanol–water partition coefficient (Wildman–Crippen LogP) is 5.55. The highest BCUT2D eigenvalue weighted by atomic mass is 35.5. The highest BCUT2D eigenvalue weighted by Crippen LogP contribution is 2.23. The van der Waals surface area contributed by atoms with Crippen LogP contribution in [-0.2, 0) is 11.3 Å². The van der Waals surface area contributed by atoms with Crippen molar-refractivity contribution in [2.75, 3.05) is 13.2 Å². The molecule has 0 heterocycles. The molecule has 0 bridgehead atoms. The van der Waals surface area contributed by atoms with Gasteiger partial charge in [0.15, 0.2) is 0 Å². The van der Waals surface area contributed by atoms with Crippen molar-refractivity contribution >= 4 is 17.5 Å². The van der Waals surface area contributed by atoms with Crippen molar-refractivity contribution in [3.05, 3.63) is 64.2 Å². The number of hydrogen-bond donors (Lipinski definition) is 1. The molecule has 2 rings (SSSR count). The molecule has 0 spiro atoms. The maximum absolute atomic E-state index is 12.7. The summed E-state index contributed by atoms with van der Waals surface area (Å²) in [6.07, 6.45) is 2.10. The summed E-state index contributed by atoms with van der Waals surface area (Å²) < 4.78 is 11.4. The lowest BCUT2D eigenvalue weighted by atomic mass is 10.1. The van der Waals surface area contributed by atoms with Gasteiger partial charge in [-0.15, -0.1) is 0 Å². The fourth-order valence-electron chi connectivity index (χ4n) is 2.67. The quantitative estimate of drug-likeness (QED) is 0.542. The van der Waals surface area contributed by atoms with Crippen LogP contribution in [0.2, 0.25) is 5.02 Å². The van der Waals surface area contributed by atoms with Gasteiger partial charge in [-0.2, -0.15) is 0 Å². The fraction of sp³-hybridized carbons (Fsp3) is 0.409. The van der Waals surface area contributed by atoms with Crippen LogP contribution in [0.1, 0.15) is 61.1 Å². The molecule has 2 aromatic carbocycles. The van der Waals surface area contributed by atoms with Gasteiger partial charge in [0.1, 0.15) is 5.75 Å². The monoisotopic (exact) mass is 389 g/mol. The highest BCUT2D eigenvalue weighted by Gasteiger charge is 2.14. The first-order valence-electron chi connectivity index (χ1n) is 9.45. The Morgan fingerprint density at radius 3 is 2.56 bits per heavy atom. The number of nitrogens with one attached hydrogen (secondary N) is 1. The van der Waals surface area contributed by atoms with Crippen molar-refractivity contribution < 1.29 is 14.3 Å². The highest BCUT2D eigenvalue weighted by molar-refractivity contribution is 6.30. The standard InChI is InChI=1S/C22H28ClNO3/c1-4-6-13-26-15-19-14-18(9-12-21(19)27-5-2)22(25)24-16(3)17-7-10-20(23)11-8-17/h7-12,14,16H,4-6,13,15H2,1-3H3,(H,24,25)/t16-/m0/s1. The van der Waals surface area contributed by atoms with E-state index in [1.165, 1.54) is 0 Å². The van der Waals surface area contributed by atoms with Crippen LogP contribution < -0.4 is 10.1 Å². The van der Waals surface area contributed by atoms with Gasteiger partial charge in [0.05, 0.1) is 19.3 Å². The molecule has 0 saturated heterocycles. The Morgan fingerprint density at radius 1 is 1.15 bits per heavy atom. The molecule has 146 valence electrons. The van der Waals surface area contributed by atoms with Gasteiger partial charge in [0, 0.05) is 22.8 Å². The lowest BCUT2D eigenvalue weighted by molar-refractivity contribution is 0.0938. The van der Waals surface area contributed by atoms with Crippen molar-refractivity contribution in [3.63, 3.8) is 0 Å². The molecule has 0 radical (unpaired) electrons. The molecule has 4 nitrogen and oxygen atoms in total. The van der Waals surface area contributed by atoms with E-state index in [1.807, 2.05) is 50.2 Å². The topological polar surface area (TPSA) is 47.6 Å². The Kier molecular flexibility index (Phi) is 8.62. The van der Waals surface area contributed by atoms with E-state index in [9.17, 15) is 4.79 Å².